The molecular weight excluding hydrogens is 713 g/mol. The molecule has 0 aliphatic carbocycles. The maximum Gasteiger partial charge on any atom is 0.407 e. The normalized spacial score (nSPS) is 17.9. The molecule has 2 aliphatic heterocycles. The number of benzene rings is 2. The molecule has 2 aromatic heterocycles. The Kier molecular flexibility index (Phi) is 12.0. The van der Waals surface area contributed by atoms with Gasteiger partial charge in [0.25, 0.3) is 0 Å². The van der Waals surface area contributed by atoms with Gasteiger partial charge in [0, 0.05) is 42.5 Å². The summed E-state index contributed by atoms with van der Waals surface area (Å²) in [6.45, 7) is 10.7. The highest BCUT2D eigenvalue weighted by Gasteiger charge is 2.40. The molecule has 14 nitrogen and oxygen atoms in total. The first-order valence-electron chi connectivity index (χ1n) is 19.4. The minimum Gasteiger partial charge on any atom is -0.465 e. The van der Waals surface area contributed by atoms with Gasteiger partial charge in [-0.15, -0.1) is 0 Å². The lowest BCUT2D eigenvalue weighted by Gasteiger charge is -2.33. The predicted molar refractivity (Wildman–Crippen MR) is 211 cm³/mol. The Morgan fingerprint density at radius 1 is 0.893 bits per heavy atom. The van der Waals surface area contributed by atoms with Crippen LogP contribution in [0.2, 0.25) is 0 Å². The van der Waals surface area contributed by atoms with Gasteiger partial charge >= 0.3 is 12.2 Å². The average Bonchev–Trinajstić information content (AvgIpc) is 4.01. The number of amides is 4. The summed E-state index contributed by atoms with van der Waals surface area (Å²) in [5.74, 6) is 7.30. The highest BCUT2D eigenvalue weighted by molar-refractivity contribution is 5.87. The van der Waals surface area contributed by atoms with Crippen molar-refractivity contribution in [2.24, 2.45) is 11.8 Å². The van der Waals surface area contributed by atoms with Gasteiger partial charge in [-0.3, -0.25) is 14.5 Å². The van der Waals surface area contributed by atoms with E-state index in [0.29, 0.717) is 18.9 Å². The second kappa shape index (κ2) is 16.9. The largest absolute Gasteiger partial charge is 0.465 e. The van der Waals surface area contributed by atoms with Crippen molar-refractivity contribution in [3.8, 4) is 23.1 Å². The smallest absolute Gasteiger partial charge is 0.407 e. The minimum atomic E-state index is -1.13. The lowest BCUT2D eigenvalue weighted by atomic mass is 10.0. The lowest BCUT2D eigenvalue weighted by Crippen LogP contribution is -2.51. The number of fused-ring (bicyclic) bond motifs is 1. The standard InChI is InChI=1S/C42H52N8O6/c1-8-29-35(46-38(43-29)33-12-9-21-49(33)39(51)34(24(2)3)47-41(53)56-7)28-18-15-26(16-19-28)13-14-27-17-20-30-31(23-27)45-37(44-30)32-11-10-22-50(32)40(52)36(25(4)5)48(6)42(54)55/h15-20,23-25,32-34,36H,8-12,21-22H2,1-7H3,(H,43,46)(H,44,45)(H,47,53)(H,54,55)/t32-,33-,34-,36-/m0/s1. The zero-order valence-corrected chi connectivity index (χ0v) is 33.2. The Morgan fingerprint density at radius 2 is 1.50 bits per heavy atom. The summed E-state index contributed by atoms with van der Waals surface area (Å²) >= 11 is 0. The topological polar surface area (TPSA) is 177 Å². The Labute approximate surface area is 327 Å². The number of likely N-dealkylation sites (tertiary alicyclic amines) is 2. The second-order valence-electron chi connectivity index (χ2n) is 15.3. The number of hydrogen-bond acceptors (Lipinski definition) is 7. The van der Waals surface area contributed by atoms with Crippen LogP contribution in [0.3, 0.4) is 0 Å². The van der Waals surface area contributed by atoms with E-state index in [4.69, 9.17) is 14.7 Å². The number of imidazole rings is 2. The number of carbonyl (C=O) groups is 4. The first kappa shape index (κ1) is 39.8. The van der Waals surface area contributed by atoms with E-state index < -0.39 is 24.3 Å². The average molecular weight is 765 g/mol. The fourth-order valence-corrected chi connectivity index (χ4v) is 7.90. The van der Waals surface area contributed by atoms with Crippen LogP contribution in [-0.4, -0.2) is 103 Å². The molecule has 56 heavy (non-hydrogen) atoms. The molecule has 2 saturated heterocycles. The fourth-order valence-electron chi connectivity index (χ4n) is 7.90. The first-order chi connectivity index (χ1) is 26.8. The van der Waals surface area contributed by atoms with Crippen molar-refractivity contribution in [1.82, 2.24) is 40.0 Å². The Hall–Kier alpha value is -5.84. The molecule has 4 amide bonds. The number of carbonyl (C=O) groups excluding carboxylic acids is 3. The van der Waals surface area contributed by atoms with E-state index in [0.717, 1.165) is 81.9 Å². The van der Waals surface area contributed by atoms with E-state index in [2.05, 4.69) is 34.0 Å². The predicted octanol–water partition coefficient (Wildman–Crippen LogP) is 6.26. The van der Waals surface area contributed by atoms with E-state index in [1.807, 2.05) is 75.1 Å². The van der Waals surface area contributed by atoms with Crippen LogP contribution < -0.4 is 5.32 Å². The Bertz CT molecular complexity index is 2140. The molecule has 4 heterocycles. The molecule has 0 spiro atoms. The number of aromatic nitrogens is 4. The molecule has 0 saturated carbocycles. The van der Waals surface area contributed by atoms with Crippen LogP contribution in [0.1, 0.15) is 101 Å². The van der Waals surface area contributed by atoms with Crippen molar-refractivity contribution in [2.45, 2.75) is 90.9 Å². The van der Waals surface area contributed by atoms with Crippen molar-refractivity contribution in [1.29, 1.82) is 0 Å². The monoisotopic (exact) mass is 764 g/mol. The highest BCUT2D eigenvalue weighted by Crippen LogP contribution is 2.35. The number of ether oxygens (including phenoxy) is 1. The first-order valence-corrected chi connectivity index (χ1v) is 19.4. The number of hydrogen-bond donors (Lipinski definition) is 4. The van der Waals surface area contributed by atoms with Gasteiger partial charge in [-0.25, -0.2) is 19.6 Å². The third-order valence-electron chi connectivity index (χ3n) is 10.9. The van der Waals surface area contributed by atoms with E-state index in [9.17, 15) is 24.3 Å². The molecule has 0 unspecified atom stereocenters. The van der Waals surface area contributed by atoms with Gasteiger partial charge in [-0.2, -0.15) is 0 Å². The van der Waals surface area contributed by atoms with E-state index in [1.165, 1.54) is 14.2 Å². The van der Waals surface area contributed by atoms with Crippen LogP contribution in [0.15, 0.2) is 42.5 Å². The number of alkyl carbamates (subject to hydrolysis) is 1. The number of H-pyrrole nitrogens is 2. The summed E-state index contributed by atoms with van der Waals surface area (Å²) in [6, 6.07) is 11.8. The summed E-state index contributed by atoms with van der Waals surface area (Å²) in [7, 11) is 2.73. The molecule has 4 N–H and O–H groups in total. The van der Waals surface area contributed by atoms with Crippen LogP contribution in [0.5, 0.6) is 0 Å². The molecule has 14 heteroatoms. The maximum atomic E-state index is 13.7. The highest BCUT2D eigenvalue weighted by atomic mass is 16.5. The third-order valence-corrected chi connectivity index (χ3v) is 10.9. The van der Waals surface area contributed by atoms with Crippen molar-refractivity contribution in [3.05, 3.63) is 70.9 Å². The lowest BCUT2D eigenvalue weighted by molar-refractivity contribution is -0.138. The van der Waals surface area contributed by atoms with E-state index in [-0.39, 0.29) is 35.7 Å². The van der Waals surface area contributed by atoms with Gasteiger partial charge in [-0.05, 0) is 74.3 Å². The van der Waals surface area contributed by atoms with Gasteiger partial charge in [0.05, 0.1) is 35.9 Å². The number of carboxylic acid groups (broad SMARTS) is 1. The molecule has 2 fully saturated rings. The second-order valence-corrected chi connectivity index (χ2v) is 15.3. The summed E-state index contributed by atoms with van der Waals surface area (Å²) in [5, 5.41) is 12.3. The molecule has 6 rings (SSSR count). The van der Waals surface area contributed by atoms with Crippen LogP contribution in [0.25, 0.3) is 22.3 Å². The zero-order valence-electron chi connectivity index (χ0n) is 33.2. The van der Waals surface area contributed by atoms with Crippen LogP contribution in [0.4, 0.5) is 9.59 Å². The minimum absolute atomic E-state index is 0.115. The molecule has 0 radical (unpaired) electrons. The van der Waals surface area contributed by atoms with Crippen molar-refractivity contribution < 1.29 is 29.0 Å². The number of nitrogens with zero attached hydrogens (tertiary/aromatic N) is 5. The van der Waals surface area contributed by atoms with Crippen LogP contribution in [0, 0.1) is 23.7 Å². The molecular formula is C42H52N8O6. The summed E-state index contributed by atoms with van der Waals surface area (Å²) < 4.78 is 4.77. The molecule has 0 bridgehead atoms. The van der Waals surface area contributed by atoms with Gasteiger partial charge in [-0.1, -0.05) is 58.6 Å². The number of nitrogens with one attached hydrogen (secondary N) is 3. The Morgan fingerprint density at radius 3 is 2.09 bits per heavy atom. The summed E-state index contributed by atoms with van der Waals surface area (Å²) in [6.07, 6.45) is 2.13. The van der Waals surface area contributed by atoms with Gasteiger partial charge in [0.15, 0.2) is 0 Å². The van der Waals surface area contributed by atoms with Crippen LogP contribution >= 0.6 is 0 Å². The molecule has 296 valence electrons. The summed E-state index contributed by atoms with van der Waals surface area (Å²) in [4.78, 5) is 72.4. The number of aromatic amines is 2. The number of methoxy groups -OCH3 is 1. The maximum absolute atomic E-state index is 13.7. The van der Waals surface area contributed by atoms with E-state index >= 15 is 0 Å². The Balaban J connectivity index is 1.16. The number of aryl methyl sites for hydroxylation is 1. The molecule has 4 aromatic rings. The number of likely N-dealkylation sites (N-methyl/N-ethyl adjacent to an activating group) is 1. The quantitative estimate of drug-likeness (QED) is 0.137. The van der Waals surface area contributed by atoms with E-state index in [1.54, 1.807) is 4.90 Å². The molecule has 2 aromatic carbocycles. The number of rotatable bonds is 10. The molecule has 2 aliphatic rings. The van der Waals surface area contributed by atoms with Crippen molar-refractivity contribution >= 4 is 35.0 Å². The van der Waals surface area contributed by atoms with Gasteiger partial charge in [0.2, 0.25) is 11.8 Å². The van der Waals surface area contributed by atoms with Crippen molar-refractivity contribution in [2.75, 3.05) is 27.2 Å². The summed E-state index contributed by atoms with van der Waals surface area (Å²) in [5.41, 5.74) is 5.99. The van der Waals surface area contributed by atoms with Crippen molar-refractivity contribution in [3.63, 3.8) is 0 Å². The van der Waals surface area contributed by atoms with Gasteiger partial charge in [0.1, 0.15) is 23.7 Å². The SMILES string of the molecule is CCc1[nH]c([C@@H]2CCCN2C(=O)[C@@H](NC(=O)OC)C(C)C)nc1-c1ccc(C#Cc2ccc3nc([C@@H]4CCCN4C(=O)[C@H](C(C)C)N(C)C(=O)O)[nH]c3c2)cc1. The van der Waals surface area contributed by atoms with Gasteiger partial charge < -0.3 is 34.9 Å². The fraction of sp³-hybridized carbons (Fsp3) is 0.476. The zero-order chi connectivity index (χ0) is 40.3. The van der Waals surface area contributed by atoms with Crippen LogP contribution in [-0.2, 0) is 20.7 Å². The third kappa shape index (κ3) is 8.22. The molecule has 4 atom stereocenters.